The van der Waals surface area contributed by atoms with Crippen molar-refractivity contribution in [1.82, 2.24) is 14.6 Å². The third-order valence-electron chi connectivity index (χ3n) is 5.20. The van der Waals surface area contributed by atoms with Crippen molar-refractivity contribution in [2.75, 3.05) is 5.32 Å². The largest absolute Gasteiger partial charge is 0.325 e. The molecule has 8 heteroatoms. The Labute approximate surface area is 195 Å². The van der Waals surface area contributed by atoms with E-state index >= 15 is 0 Å². The molecule has 0 bridgehead atoms. The number of carbonyl (C=O) groups excluding carboxylic acids is 1. The summed E-state index contributed by atoms with van der Waals surface area (Å²) >= 11 is 13.5. The second-order valence-electron chi connectivity index (χ2n) is 7.61. The van der Waals surface area contributed by atoms with E-state index in [1.54, 1.807) is 18.2 Å². The lowest BCUT2D eigenvalue weighted by Crippen LogP contribution is -2.24. The van der Waals surface area contributed by atoms with Crippen molar-refractivity contribution in [3.05, 3.63) is 63.1 Å². The molecule has 0 spiro atoms. The minimum Gasteiger partial charge on any atom is -0.325 e. The lowest BCUT2D eigenvalue weighted by Gasteiger charge is -2.15. The van der Waals surface area contributed by atoms with Gasteiger partial charge in [-0.1, -0.05) is 53.5 Å². The van der Waals surface area contributed by atoms with Crippen molar-refractivity contribution in [2.45, 2.75) is 44.5 Å². The molecular formula is C23H22Cl2N4OS. The molecule has 2 aromatic carbocycles. The standard InChI is InChI=1S/C23H22Cl2N4OS/c1-5-19(22(30)26-15-6-7-17(24)18(25)11-15)31-23-28-27-20-10-13(3)16-9-12(2)8-14(4)21(16)29(20)23/h6-11,19H,5H2,1-4H3,(H,26,30). The molecule has 0 aliphatic rings. The van der Waals surface area contributed by atoms with Crippen LogP contribution >= 0.6 is 35.0 Å². The zero-order valence-electron chi connectivity index (χ0n) is 17.7. The van der Waals surface area contributed by atoms with Gasteiger partial charge in [0.25, 0.3) is 0 Å². The smallest absolute Gasteiger partial charge is 0.237 e. The van der Waals surface area contributed by atoms with Crippen LogP contribution < -0.4 is 5.32 Å². The van der Waals surface area contributed by atoms with Crippen LogP contribution in [0.3, 0.4) is 0 Å². The van der Waals surface area contributed by atoms with E-state index in [0.29, 0.717) is 27.3 Å². The van der Waals surface area contributed by atoms with Crippen molar-refractivity contribution in [2.24, 2.45) is 0 Å². The molecule has 0 aliphatic heterocycles. The van der Waals surface area contributed by atoms with Crippen LogP contribution in [-0.4, -0.2) is 25.8 Å². The van der Waals surface area contributed by atoms with Gasteiger partial charge in [-0.2, -0.15) is 0 Å². The first kappa shape index (κ1) is 21.9. The van der Waals surface area contributed by atoms with Gasteiger partial charge in [0.1, 0.15) is 0 Å². The molecule has 2 aromatic heterocycles. The number of aryl methyl sites for hydroxylation is 3. The summed E-state index contributed by atoms with van der Waals surface area (Å²) < 4.78 is 2.05. The van der Waals surface area contributed by atoms with Crippen molar-refractivity contribution in [1.29, 1.82) is 0 Å². The number of nitrogens with zero attached hydrogens (tertiary/aromatic N) is 3. The monoisotopic (exact) mass is 472 g/mol. The Bertz CT molecular complexity index is 1320. The number of fused-ring (bicyclic) bond motifs is 3. The maximum Gasteiger partial charge on any atom is 0.237 e. The van der Waals surface area contributed by atoms with Crippen molar-refractivity contribution in [3.8, 4) is 0 Å². The second kappa shape index (κ2) is 8.69. The third kappa shape index (κ3) is 4.25. The van der Waals surface area contributed by atoms with E-state index in [0.717, 1.165) is 22.3 Å². The number of halogens is 2. The lowest BCUT2D eigenvalue weighted by molar-refractivity contribution is -0.115. The van der Waals surface area contributed by atoms with E-state index < -0.39 is 0 Å². The predicted octanol–water partition coefficient (Wildman–Crippen LogP) is 6.62. The summed E-state index contributed by atoms with van der Waals surface area (Å²) in [5.74, 6) is -0.119. The van der Waals surface area contributed by atoms with Gasteiger partial charge in [0.15, 0.2) is 10.8 Å². The van der Waals surface area contributed by atoms with Crippen LogP contribution in [0.1, 0.15) is 30.0 Å². The number of aromatic nitrogens is 3. The summed E-state index contributed by atoms with van der Waals surface area (Å²) in [5, 5.41) is 14.1. The normalized spacial score (nSPS) is 12.5. The molecule has 0 radical (unpaired) electrons. The van der Waals surface area contributed by atoms with E-state index in [1.807, 2.05) is 13.0 Å². The van der Waals surface area contributed by atoms with Crippen LogP contribution in [0, 0.1) is 20.8 Å². The number of hydrogen-bond acceptors (Lipinski definition) is 4. The van der Waals surface area contributed by atoms with Gasteiger partial charge in [-0.25, -0.2) is 0 Å². The average molecular weight is 473 g/mol. The minimum atomic E-state index is -0.344. The highest BCUT2D eigenvalue weighted by Gasteiger charge is 2.23. The minimum absolute atomic E-state index is 0.119. The van der Waals surface area contributed by atoms with Gasteiger partial charge >= 0.3 is 0 Å². The van der Waals surface area contributed by atoms with Crippen molar-refractivity contribution < 1.29 is 4.79 Å². The maximum atomic E-state index is 13.0. The summed E-state index contributed by atoms with van der Waals surface area (Å²) in [6.45, 7) is 8.25. The van der Waals surface area contributed by atoms with E-state index in [2.05, 4.69) is 52.8 Å². The van der Waals surface area contributed by atoms with E-state index in [1.165, 1.54) is 22.7 Å². The topological polar surface area (TPSA) is 59.3 Å². The molecule has 31 heavy (non-hydrogen) atoms. The number of nitrogens with one attached hydrogen (secondary N) is 1. The first-order valence-electron chi connectivity index (χ1n) is 9.96. The zero-order chi connectivity index (χ0) is 22.3. The molecular weight excluding hydrogens is 451 g/mol. The molecule has 0 saturated carbocycles. The number of benzene rings is 2. The molecule has 5 nitrogen and oxygen atoms in total. The molecule has 0 aliphatic carbocycles. The number of thioether (sulfide) groups is 1. The summed E-state index contributed by atoms with van der Waals surface area (Å²) in [7, 11) is 0. The van der Waals surface area contributed by atoms with Gasteiger partial charge in [0, 0.05) is 11.1 Å². The molecule has 1 unspecified atom stereocenters. The second-order valence-corrected chi connectivity index (χ2v) is 9.60. The Hall–Kier alpha value is -2.28. The molecule has 0 saturated heterocycles. The van der Waals surface area contributed by atoms with Crippen LogP contribution in [0.25, 0.3) is 16.6 Å². The number of carbonyl (C=O) groups is 1. The Balaban J connectivity index is 1.70. The quantitative estimate of drug-likeness (QED) is 0.331. The highest BCUT2D eigenvalue weighted by Crippen LogP contribution is 2.32. The molecule has 1 amide bonds. The van der Waals surface area contributed by atoms with Crippen LogP contribution in [0.4, 0.5) is 5.69 Å². The molecule has 1 N–H and O–H groups in total. The predicted molar refractivity (Wildman–Crippen MR) is 130 cm³/mol. The maximum absolute atomic E-state index is 13.0. The van der Waals surface area contributed by atoms with E-state index in [4.69, 9.17) is 23.2 Å². The molecule has 1 atom stereocenters. The Morgan fingerprint density at radius 2 is 1.84 bits per heavy atom. The van der Waals surface area contributed by atoms with Gasteiger partial charge < -0.3 is 5.32 Å². The number of amides is 1. The zero-order valence-corrected chi connectivity index (χ0v) is 20.0. The molecule has 2 heterocycles. The van der Waals surface area contributed by atoms with Crippen LogP contribution in [0.2, 0.25) is 10.0 Å². The number of pyridine rings is 1. The van der Waals surface area contributed by atoms with Gasteiger partial charge in [-0.15, -0.1) is 10.2 Å². The van der Waals surface area contributed by atoms with Crippen molar-refractivity contribution >= 4 is 63.1 Å². The third-order valence-corrected chi connectivity index (χ3v) is 7.24. The highest BCUT2D eigenvalue weighted by atomic mass is 35.5. The molecule has 4 rings (SSSR count). The Kier molecular flexibility index (Phi) is 6.15. The summed E-state index contributed by atoms with van der Waals surface area (Å²) in [5.41, 5.74) is 5.98. The lowest BCUT2D eigenvalue weighted by atomic mass is 10.0. The fourth-order valence-corrected chi connectivity index (χ4v) is 5.00. The van der Waals surface area contributed by atoms with Crippen LogP contribution in [0.15, 0.2) is 41.6 Å². The van der Waals surface area contributed by atoms with Gasteiger partial charge in [0.05, 0.1) is 20.8 Å². The van der Waals surface area contributed by atoms with Crippen molar-refractivity contribution in [3.63, 3.8) is 0 Å². The average Bonchev–Trinajstić information content (AvgIpc) is 3.10. The molecule has 0 fully saturated rings. The number of anilines is 1. The summed E-state index contributed by atoms with van der Waals surface area (Å²) in [6, 6.07) is 11.4. The van der Waals surface area contributed by atoms with Crippen LogP contribution in [0.5, 0.6) is 0 Å². The molecule has 160 valence electrons. The summed E-state index contributed by atoms with van der Waals surface area (Å²) in [4.78, 5) is 13.0. The number of rotatable bonds is 5. The first-order chi connectivity index (χ1) is 14.8. The number of hydrogen-bond donors (Lipinski definition) is 1. The van der Waals surface area contributed by atoms with E-state index in [-0.39, 0.29) is 11.2 Å². The van der Waals surface area contributed by atoms with Gasteiger partial charge in [-0.3, -0.25) is 9.20 Å². The first-order valence-corrected chi connectivity index (χ1v) is 11.6. The Morgan fingerprint density at radius 3 is 2.55 bits per heavy atom. The highest BCUT2D eigenvalue weighted by molar-refractivity contribution is 8.00. The van der Waals surface area contributed by atoms with Gasteiger partial charge in [-0.05, 0) is 68.7 Å². The van der Waals surface area contributed by atoms with Crippen LogP contribution in [-0.2, 0) is 4.79 Å². The molecule has 4 aromatic rings. The fourth-order valence-electron chi connectivity index (χ4n) is 3.74. The van der Waals surface area contributed by atoms with E-state index in [9.17, 15) is 4.79 Å². The SMILES string of the molecule is CCC(Sc1nnc2cc(C)c3cc(C)cc(C)c3n12)C(=O)Nc1ccc(Cl)c(Cl)c1. The Morgan fingerprint density at radius 1 is 1.06 bits per heavy atom. The summed E-state index contributed by atoms with van der Waals surface area (Å²) in [6.07, 6.45) is 0.634. The van der Waals surface area contributed by atoms with Gasteiger partial charge in [0.2, 0.25) is 5.91 Å². The fraction of sp³-hybridized carbons (Fsp3) is 0.261.